The highest BCUT2D eigenvalue weighted by atomic mass is 32.1. The highest BCUT2D eigenvalue weighted by Gasteiger charge is 2.12. The van der Waals surface area contributed by atoms with Crippen LogP contribution in [0.15, 0.2) is 43.0 Å². The molecule has 0 spiro atoms. The second-order valence-electron chi connectivity index (χ2n) is 4.91. The lowest BCUT2D eigenvalue weighted by Gasteiger charge is -2.13. The lowest BCUT2D eigenvalue weighted by atomic mass is 10.2. The first-order valence-corrected chi connectivity index (χ1v) is 7.77. The Morgan fingerprint density at radius 1 is 1.35 bits per heavy atom. The molecule has 23 heavy (non-hydrogen) atoms. The van der Waals surface area contributed by atoms with Crippen LogP contribution in [0.2, 0.25) is 0 Å². The van der Waals surface area contributed by atoms with E-state index >= 15 is 0 Å². The SMILES string of the molecule is C[C@@H](Cn1cncn1)NC(=O)Nc1nc(-c2ccccc2)ns1. The lowest BCUT2D eigenvalue weighted by molar-refractivity contribution is 0.247. The summed E-state index contributed by atoms with van der Waals surface area (Å²) in [7, 11) is 0. The van der Waals surface area contributed by atoms with Crippen molar-refractivity contribution in [3.63, 3.8) is 0 Å². The van der Waals surface area contributed by atoms with Crippen LogP contribution in [0, 0.1) is 0 Å². The van der Waals surface area contributed by atoms with Gasteiger partial charge in [0.05, 0.1) is 6.54 Å². The Balaban J connectivity index is 1.55. The lowest BCUT2D eigenvalue weighted by Crippen LogP contribution is -2.38. The van der Waals surface area contributed by atoms with Gasteiger partial charge in [-0.05, 0) is 6.92 Å². The van der Waals surface area contributed by atoms with E-state index in [4.69, 9.17) is 0 Å². The van der Waals surface area contributed by atoms with E-state index in [1.807, 2.05) is 37.3 Å². The van der Waals surface area contributed by atoms with Crippen LogP contribution < -0.4 is 10.6 Å². The number of carbonyl (C=O) groups excluding carboxylic acids is 1. The van der Waals surface area contributed by atoms with Crippen LogP contribution in [0.5, 0.6) is 0 Å². The Labute approximate surface area is 136 Å². The van der Waals surface area contributed by atoms with E-state index in [2.05, 4.69) is 30.1 Å². The molecule has 2 N–H and O–H groups in total. The molecule has 2 amide bonds. The molecule has 0 bridgehead atoms. The Morgan fingerprint density at radius 3 is 2.91 bits per heavy atom. The van der Waals surface area contributed by atoms with Gasteiger partial charge in [-0.25, -0.2) is 9.78 Å². The van der Waals surface area contributed by atoms with Gasteiger partial charge in [0, 0.05) is 23.1 Å². The van der Waals surface area contributed by atoms with Crippen LogP contribution in [0.1, 0.15) is 6.92 Å². The van der Waals surface area contributed by atoms with Crippen molar-refractivity contribution in [2.24, 2.45) is 0 Å². The zero-order valence-corrected chi connectivity index (χ0v) is 13.2. The Hall–Kier alpha value is -2.81. The van der Waals surface area contributed by atoms with Gasteiger partial charge >= 0.3 is 6.03 Å². The number of amides is 2. The molecule has 1 aromatic carbocycles. The third kappa shape index (κ3) is 4.10. The third-order valence-electron chi connectivity index (χ3n) is 2.98. The molecule has 0 aliphatic carbocycles. The number of benzene rings is 1. The molecular formula is C14H15N7OS. The number of hydrogen-bond donors (Lipinski definition) is 2. The van der Waals surface area contributed by atoms with Crippen molar-refractivity contribution in [3.05, 3.63) is 43.0 Å². The first kappa shape index (κ1) is 15.1. The molecule has 0 aliphatic rings. The zero-order chi connectivity index (χ0) is 16.1. The molecule has 0 unspecified atom stereocenters. The minimum Gasteiger partial charge on any atom is -0.333 e. The molecule has 3 rings (SSSR count). The average molecular weight is 329 g/mol. The van der Waals surface area contributed by atoms with E-state index < -0.39 is 0 Å². The van der Waals surface area contributed by atoms with Crippen molar-refractivity contribution in [2.75, 3.05) is 5.32 Å². The molecule has 1 atom stereocenters. The quantitative estimate of drug-likeness (QED) is 0.746. The van der Waals surface area contributed by atoms with Gasteiger partial charge in [0.1, 0.15) is 12.7 Å². The van der Waals surface area contributed by atoms with Gasteiger partial charge in [-0.1, -0.05) is 30.3 Å². The summed E-state index contributed by atoms with van der Waals surface area (Å²) in [6.45, 7) is 2.43. The van der Waals surface area contributed by atoms with E-state index in [1.165, 1.54) is 6.33 Å². The maximum atomic E-state index is 12.0. The molecule has 0 aliphatic heterocycles. The second kappa shape index (κ2) is 6.97. The summed E-state index contributed by atoms with van der Waals surface area (Å²) in [6.07, 6.45) is 3.06. The largest absolute Gasteiger partial charge is 0.333 e. The zero-order valence-electron chi connectivity index (χ0n) is 12.4. The number of aromatic nitrogens is 5. The summed E-state index contributed by atoms with van der Waals surface area (Å²) in [6, 6.07) is 9.19. The highest BCUT2D eigenvalue weighted by Crippen LogP contribution is 2.20. The number of nitrogens with zero attached hydrogens (tertiary/aromatic N) is 5. The maximum absolute atomic E-state index is 12.0. The van der Waals surface area contributed by atoms with Crippen molar-refractivity contribution in [1.29, 1.82) is 0 Å². The molecular weight excluding hydrogens is 314 g/mol. The van der Waals surface area contributed by atoms with Crippen LogP contribution in [-0.4, -0.2) is 36.2 Å². The Kier molecular flexibility index (Phi) is 4.57. The third-order valence-corrected chi connectivity index (χ3v) is 3.61. The van der Waals surface area contributed by atoms with Crippen molar-refractivity contribution < 1.29 is 4.79 Å². The molecule has 0 saturated carbocycles. The second-order valence-corrected chi connectivity index (χ2v) is 5.66. The maximum Gasteiger partial charge on any atom is 0.321 e. The van der Waals surface area contributed by atoms with Gasteiger partial charge in [-0.3, -0.25) is 10.00 Å². The fourth-order valence-corrected chi connectivity index (χ4v) is 2.57. The van der Waals surface area contributed by atoms with E-state index in [0.29, 0.717) is 17.5 Å². The van der Waals surface area contributed by atoms with Gasteiger partial charge in [0.25, 0.3) is 0 Å². The monoisotopic (exact) mass is 329 g/mol. The van der Waals surface area contributed by atoms with Crippen molar-refractivity contribution >= 4 is 22.7 Å². The summed E-state index contributed by atoms with van der Waals surface area (Å²) in [5.41, 5.74) is 0.914. The van der Waals surface area contributed by atoms with Gasteiger partial charge in [0.15, 0.2) is 5.82 Å². The number of anilines is 1. The van der Waals surface area contributed by atoms with Crippen LogP contribution in [0.25, 0.3) is 11.4 Å². The molecule has 3 aromatic rings. The molecule has 8 nitrogen and oxygen atoms in total. The summed E-state index contributed by atoms with van der Waals surface area (Å²) in [5.74, 6) is 0.599. The molecule has 118 valence electrons. The summed E-state index contributed by atoms with van der Waals surface area (Å²) < 4.78 is 5.90. The van der Waals surface area contributed by atoms with Gasteiger partial charge < -0.3 is 5.32 Å². The predicted molar refractivity (Wildman–Crippen MR) is 87.0 cm³/mol. The van der Waals surface area contributed by atoms with Crippen LogP contribution >= 0.6 is 11.5 Å². The topological polar surface area (TPSA) is 97.6 Å². The standard InChI is InChI=1S/C14H15N7OS/c1-10(7-21-9-15-8-16-21)17-13(22)19-14-18-12(20-23-14)11-5-3-2-4-6-11/h2-6,8-10H,7H2,1H3,(H2,17,18,19,20,22)/t10-/m0/s1. The summed E-state index contributed by atoms with van der Waals surface area (Å²) >= 11 is 1.14. The first-order valence-electron chi connectivity index (χ1n) is 7.00. The first-order chi connectivity index (χ1) is 11.2. The average Bonchev–Trinajstić information content (AvgIpc) is 3.20. The van der Waals surface area contributed by atoms with Crippen molar-refractivity contribution in [3.8, 4) is 11.4 Å². The smallest absolute Gasteiger partial charge is 0.321 e. The van der Waals surface area contributed by atoms with Crippen LogP contribution in [-0.2, 0) is 6.54 Å². The van der Waals surface area contributed by atoms with E-state index in [1.54, 1.807) is 11.0 Å². The van der Waals surface area contributed by atoms with Crippen LogP contribution in [0.3, 0.4) is 0 Å². The number of hydrogen-bond acceptors (Lipinski definition) is 6. The van der Waals surface area contributed by atoms with E-state index in [9.17, 15) is 4.79 Å². The number of carbonyl (C=O) groups is 1. The van der Waals surface area contributed by atoms with Gasteiger partial charge in [0.2, 0.25) is 5.13 Å². The van der Waals surface area contributed by atoms with E-state index in [-0.39, 0.29) is 12.1 Å². The normalized spacial score (nSPS) is 11.9. The van der Waals surface area contributed by atoms with Crippen LogP contribution in [0.4, 0.5) is 9.93 Å². The fourth-order valence-electron chi connectivity index (χ4n) is 1.99. The molecule has 9 heteroatoms. The highest BCUT2D eigenvalue weighted by molar-refractivity contribution is 7.10. The molecule has 2 aromatic heterocycles. The fraction of sp³-hybridized carbons (Fsp3) is 0.214. The summed E-state index contributed by atoms with van der Waals surface area (Å²) in [5, 5.41) is 9.96. The molecule has 0 fully saturated rings. The summed E-state index contributed by atoms with van der Waals surface area (Å²) in [4.78, 5) is 20.1. The van der Waals surface area contributed by atoms with Gasteiger partial charge in [-0.15, -0.1) is 0 Å². The predicted octanol–water partition coefficient (Wildman–Crippen LogP) is 2.01. The van der Waals surface area contributed by atoms with Gasteiger partial charge in [-0.2, -0.15) is 14.5 Å². The molecule has 0 saturated heterocycles. The molecule has 2 heterocycles. The Morgan fingerprint density at radius 2 is 2.17 bits per heavy atom. The van der Waals surface area contributed by atoms with Crippen molar-refractivity contribution in [1.82, 2.24) is 29.4 Å². The minimum absolute atomic E-state index is 0.0989. The molecule has 0 radical (unpaired) electrons. The number of nitrogens with one attached hydrogen (secondary N) is 2. The number of urea groups is 1. The van der Waals surface area contributed by atoms with Crippen molar-refractivity contribution in [2.45, 2.75) is 19.5 Å². The number of rotatable bonds is 5. The Bertz CT molecular complexity index is 757. The van der Waals surface area contributed by atoms with E-state index in [0.717, 1.165) is 17.1 Å². The minimum atomic E-state index is -0.326.